The highest BCUT2D eigenvalue weighted by Gasteiger charge is 2.17. The summed E-state index contributed by atoms with van der Waals surface area (Å²) in [7, 11) is 1.40. The van der Waals surface area contributed by atoms with E-state index >= 15 is 0 Å². The minimum Gasteiger partial charge on any atom is -0.494 e. The highest BCUT2D eigenvalue weighted by molar-refractivity contribution is 7.99. The van der Waals surface area contributed by atoms with Crippen LogP contribution in [0.15, 0.2) is 23.4 Å². The van der Waals surface area contributed by atoms with E-state index < -0.39 is 4.92 Å². The summed E-state index contributed by atoms with van der Waals surface area (Å²) in [6.07, 6.45) is 4.28. The Balaban J connectivity index is 1.65. The lowest BCUT2D eigenvalue weighted by Crippen LogP contribution is -2.16. The number of anilines is 1. The maximum atomic E-state index is 12.3. The van der Waals surface area contributed by atoms with Crippen molar-refractivity contribution < 1.29 is 14.5 Å². The molecule has 0 saturated heterocycles. The van der Waals surface area contributed by atoms with Crippen LogP contribution in [0.2, 0.25) is 0 Å². The van der Waals surface area contributed by atoms with Crippen LogP contribution >= 0.6 is 11.8 Å². The van der Waals surface area contributed by atoms with E-state index in [0.29, 0.717) is 10.8 Å². The fourth-order valence-corrected chi connectivity index (χ4v) is 3.74. The molecular formula is C18H20N4O4S. The van der Waals surface area contributed by atoms with E-state index in [9.17, 15) is 14.9 Å². The van der Waals surface area contributed by atoms with Crippen LogP contribution in [0.4, 0.5) is 11.4 Å². The van der Waals surface area contributed by atoms with E-state index in [1.807, 2.05) is 6.92 Å². The van der Waals surface area contributed by atoms with Crippen molar-refractivity contribution in [3.8, 4) is 5.75 Å². The van der Waals surface area contributed by atoms with Crippen LogP contribution in [-0.4, -0.2) is 33.7 Å². The van der Waals surface area contributed by atoms with Gasteiger partial charge in [0.05, 0.1) is 29.5 Å². The third-order valence-electron chi connectivity index (χ3n) is 4.37. The van der Waals surface area contributed by atoms with Crippen LogP contribution in [0.25, 0.3) is 0 Å². The molecule has 3 rings (SSSR count). The van der Waals surface area contributed by atoms with Crippen molar-refractivity contribution in [3.05, 3.63) is 45.3 Å². The number of rotatable bonds is 6. The number of methoxy groups -OCH3 is 1. The number of non-ortho nitro benzene ring substituents is 1. The summed E-state index contributed by atoms with van der Waals surface area (Å²) in [5.74, 6) is 0.118. The highest BCUT2D eigenvalue weighted by atomic mass is 32.2. The Labute approximate surface area is 160 Å². The zero-order valence-electron chi connectivity index (χ0n) is 15.2. The molecular weight excluding hydrogens is 368 g/mol. The predicted molar refractivity (Wildman–Crippen MR) is 102 cm³/mol. The number of nitrogens with one attached hydrogen (secondary N) is 1. The predicted octanol–water partition coefficient (Wildman–Crippen LogP) is 3.31. The largest absolute Gasteiger partial charge is 0.494 e. The SMILES string of the molecule is COc1cc([N+](=O)[O-])ccc1NC(=O)CSc1nc(C)c2c(n1)CCCC2. The van der Waals surface area contributed by atoms with Gasteiger partial charge in [0.1, 0.15) is 5.75 Å². The van der Waals surface area contributed by atoms with Gasteiger partial charge in [-0.3, -0.25) is 14.9 Å². The van der Waals surface area contributed by atoms with Crippen molar-refractivity contribution in [3.63, 3.8) is 0 Å². The molecule has 2 aromatic rings. The Morgan fingerprint density at radius 3 is 2.85 bits per heavy atom. The lowest BCUT2D eigenvalue weighted by Gasteiger charge is -2.17. The van der Waals surface area contributed by atoms with Crippen molar-refractivity contribution in [1.29, 1.82) is 0 Å². The molecule has 142 valence electrons. The first-order valence-electron chi connectivity index (χ1n) is 8.59. The Morgan fingerprint density at radius 2 is 2.11 bits per heavy atom. The smallest absolute Gasteiger partial charge is 0.273 e. The van der Waals surface area contributed by atoms with Gasteiger partial charge in [-0.25, -0.2) is 9.97 Å². The lowest BCUT2D eigenvalue weighted by molar-refractivity contribution is -0.384. The van der Waals surface area contributed by atoms with Gasteiger partial charge in [0.15, 0.2) is 5.16 Å². The number of aromatic nitrogens is 2. The second kappa shape index (κ2) is 8.34. The Morgan fingerprint density at radius 1 is 1.33 bits per heavy atom. The standard InChI is InChI=1S/C18H20N4O4S/c1-11-13-5-3-4-6-14(13)21-18(19-11)27-10-17(23)20-15-8-7-12(22(24)25)9-16(15)26-2/h7-9H,3-6,10H2,1-2H3,(H,20,23). The van der Waals surface area contributed by atoms with Gasteiger partial charge < -0.3 is 10.1 Å². The fraction of sp³-hybridized carbons (Fsp3) is 0.389. The number of aryl methyl sites for hydroxylation is 2. The molecule has 1 amide bonds. The van der Waals surface area contributed by atoms with Gasteiger partial charge in [0.25, 0.3) is 5.69 Å². The normalized spacial score (nSPS) is 13.0. The van der Waals surface area contributed by atoms with E-state index in [1.54, 1.807) is 0 Å². The molecule has 1 aromatic carbocycles. The number of fused-ring (bicyclic) bond motifs is 1. The van der Waals surface area contributed by atoms with Crippen molar-refractivity contribution in [1.82, 2.24) is 9.97 Å². The number of carbonyl (C=O) groups excluding carboxylic acids is 1. The van der Waals surface area contributed by atoms with Crippen molar-refractivity contribution in [2.45, 2.75) is 37.8 Å². The van der Waals surface area contributed by atoms with Gasteiger partial charge in [-0.15, -0.1) is 0 Å². The summed E-state index contributed by atoms with van der Waals surface area (Å²) in [4.78, 5) is 31.7. The maximum Gasteiger partial charge on any atom is 0.273 e. The van der Waals surface area contributed by atoms with Crippen molar-refractivity contribution >= 4 is 29.0 Å². The molecule has 0 fully saturated rings. The molecule has 0 aliphatic heterocycles. The summed E-state index contributed by atoms with van der Waals surface area (Å²) in [5, 5.41) is 14.1. The molecule has 27 heavy (non-hydrogen) atoms. The number of thioether (sulfide) groups is 1. The second-order valence-electron chi connectivity index (χ2n) is 6.20. The third-order valence-corrected chi connectivity index (χ3v) is 5.22. The number of carbonyl (C=O) groups is 1. The van der Waals surface area contributed by atoms with E-state index in [1.165, 1.54) is 49.1 Å². The van der Waals surface area contributed by atoms with Gasteiger partial charge in [-0.1, -0.05) is 11.8 Å². The molecule has 8 nitrogen and oxygen atoms in total. The second-order valence-corrected chi connectivity index (χ2v) is 7.14. The molecule has 0 radical (unpaired) electrons. The van der Waals surface area contributed by atoms with Crippen molar-refractivity contribution in [2.75, 3.05) is 18.2 Å². The van der Waals surface area contributed by atoms with Gasteiger partial charge in [-0.05, 0) is 44.2 Å². The van der Waals surface area contributed by atoms with E-state index in [0.717, 1.165) is 30.7 Å². The first-order chi connectivity index (χ1) is 13.0. The summed E-state index contributed by atoms with van der Waals surface area (Å²) < 4.78 is 5.13. The molecule has 1 aliphatic carbocycles. The Kier molecular flexibility index (Phi) is 5.90. The summed E-state index contributed by atoms with van der Waals surface area (Å²) in [5.41, 5.74) is 3.60. The number of nitro groups is 1. The number of ether oxygens (including phenoxy) is 1. The van der Waals surface area contributed by atoms with E-state index in [-0.39, 0.29) is 23.1 Å². The van der Waals surface area contributed by atoms with Crippen molar-refractivity contribution in [2.24, 2.45) is 0 Å². The van der Waals surface area contributed by atoms with Gasteiger partial charge in [0.2, 0.25) is 5.91 Å². The Hall–Kier alpha value is -2.68. The zero-order valence-corrected chi connectivity index (χ0v) is 16.0. The molecule has 1 N–H and O–H groups in total. The van der Waals surface area contributed by atoms with Crippen LogP contribution in [-0.2, 0) is 17.6 Å². The number of nitro benzene ring substituents is 1. The summed E-state index contributed by atoms with van der Waals surface area (Å²) in [6.45, 7) is 1.98. The zero-order chi connectivity index (χ0) is 19.4. The highest BCUT2D eigenvalue weighted by Crippen LogP contribution is 2.29. The average molecular weight is 388 g/mol. The van der Waals surface area contributed by atoms with Gasteiger partial charge in [-0.2, -0.15) is 0 Å². The van der Waals surface area contributed by atoms with E-state index in [2.05, 4.69) is 15.3 Å². The minimum absolute atomic E-state index is 0.0999. The molecule has 0 saturated carbocycles. The average Bonchev–Trinajstić information content (AvgIpc) is 2.66. The first kappa shape index (κ1) is 19.1. The summed E-state index contributed by atoms with van der Waals surface area (Å²) >= 11 is 1.27. The van der Waals surface area contributed by atoms with Crippen LogP contribution < -0.4 is 10.1 Å². The first-order valence-corrected chi connectivity index (χ1v) is 9.58. The van der Waals surface area contributed by atoms with Gasteiger partial charge >= 0.3 is 0 Å². The molecule has 0 spiro atoms. The maximum absolute atomic E-state index is 12.3. The van der Waals surface area contributed by atoms with Crippen LogP contribution in [0.1, 0.15) is 29.8 Å². The summed E-state index contributed by atoms with van der Waals surface area (Å²) in [6, 6.07) is 4.05. The fourth-order valence-electron chi connectivity index (χ4n) is 3.03. The molecule has 0 bridgehead atoms. The molecule has 1 aliphatic rings. The van der Waals surface area contributed by atoms with Gasteiger partial charge in [0, 0.05) is 17.5 Å². The molecule has 0 unspecified atom stereocenters. The molecule has 0 atom stereocenters. The quantitative estimate of drug-likeness (QED) is 0.350. The monoisotopic (exact) mass is 388 g/mol. The number of hydrogen-bond donors (Lipinski definition) is 1. The molecule has 1 heterocycles. The van der Waals surface area contributed by atoms with Crippen LogP contribution in [0, 0.1) is 17.0 Å². The topological polar surface area (TPSA) is 107 Å². The minimum atomic E-state index is -0.514. The van der Waals surface area contributed by atoms with Crippen LogP contribution in [0.5, 0.6) is 5.75 Å². The number of hydrogen-bond acceptors (Lipinski definition) is 7. The number of nitrogens with zero attached hydrogens (tertiary/aromatic N) is 3. The third kappa shape index (κ3) is 4.54. The van der Waals surface area contributed by atoms with E-state index in [4.69, 9.17) is 4.74 Å². The lowest BCUT2D eigenvalue weighted by atomic mass is 9.95. The molecule has 1 aromatic heterocycles. The van der Waals surface area contributed by atoms with Crippen LogP contribution in [0.3, 0.4) is 0 Å². The molecule has 9 heteroatoms. The Bertz CT molecular complexity index is 888. The number of benzene rings is 1. The number of amides is 1.